The third kappa shape index (κ3) is 5.63. The van der Waals surface area contributed by atoms with Crippen LogP contribution in [-0.2, 0) is 17.1 Å². The number of nitrogens with two attached hydrogens (primary N) is 1. The minimum absolute atomic E-state index is 0.0112. The number of halogens is 6. The highest BCUT2D eigenvalue weighted by Gasteiger charge is 2.39. The summed E-state index contributed by atoms with van der Waals surface area (Å²) < 4.78 is 79.6. The minimum atomic E-state index is -5.06. The SMILES string of the molecule is Cc1cccnc1C(C(=O)N(N)c1cc(C(F)(F)F)cc(C(F)(F)F)c1)N1CCN(C)CC1. The molecule has 0 spiro atoms. The molecule has 33 heavy (non-hydrogen) atoms. The first-order valence-corrected chi connectivity index (χ1v) is 10.0. The summed E-state index contributed by atoms with van der Waals surface area (Å²) in [4.78, 5) is 21.5. The lowest BCUT2D eigenvalue weighted by molar-refractivity contribution is -0.143. The van der Waals surface area contributed by atoms with Gasteiger partial charge in [0, 0.05) is 32.4 Å². The average molecular weight is 475 g/mol. The molecule has 1 unspecified atom stereocenters. The molecule has 2 heterocycles. The summed E-state index contributed by atoms with van der Waals surface area (Å²) in [5.41, 5.74) is -2.84. The number of hydrogen-bond donors (Lipinski definition) is 1. The van der Waals surface area contributed by atoms with Gasteiger partial charge < -0.3 is 4.90 Å². The van der Waals surface area contributed by atoms with E-state index >= 15 is 0 Å². The van der Waals surface area contributed by atoms with Gasteiger partial charge >= 0.3 is 12.4 Å². The lowest BCUT2D eigenvalue weighted by Crippen LogP contribution is -2.52. The van der Waals surface area contributed by atoms with Gasteiger partial charge in [-0.15, -0.1) is 0 Å². The highest BCUT2D eigenvalue weighted by Crippen LogP contribution is 2.38. The summed E-state index contributed by atoms with van der Waals surface area (Å²) in [6, 6.07) is 3.15. The number of pyridine rings is 1. The van der Waals surface area contributed by atoms with E-state index in [0.717, 1.165) is 0 Å². The van der Waals surface area contributed by atoms with E-state index < -0.39 is 41.1 Å². The van der Waals surface area contributed by atoms with Crippen molar-refractivity contribution >= 4 is 11.6 Å². The van der Waals surface area contributed by atoms with E-state index in [0.29, 0.717) is 54.6 Å². The van der Waals surface area contributed by atoms with Gasteiger partial charge in [0.1, 0.15) is 6.04 Å². The third-order valence-corrected chi connectivity index (χ3v) is 5.53. The van der Waals surface area contributed by atoms with E-state index in [2.05, 4.69) is 4.98 Å². The Morgan fingerprint density at radius 1 is 1.03 bits per heavy atom. The maximum Gasteiger partial charge on any atom is 0.416 e. The summed E-state index contributed by atoms with van der Waals surface area (Å²) >= 11 is 0. The Labute approximate surface area is 186 Å². The van der Waals surface area contributed by atoms with Crippen molar-refractivity contribution in [1.29, 1.82) is 0 Å². The topological polar surface area (TPSA) is 65.7 Å². The molecule has 0 bridgehead atoms. The number of carbonyl (C=O) groups is 1. The van der Waals surface area contributed by atoms with Crippen LogP contribution in [0.3, 0.4) is 0 Å². The Morgan fingerprint density at radius 3 is 2.06 bits per heavy atom. The highest BCUT2D eigenvalue weighted by molar-refractivity contribution is 5.97. The van der Waals surface area contributed by atoms with Crippen molar-refractivity contribution in [2.75, 3.05) is 38.2 Å². The molecule has 1 aliphatic heterocycles. The predicted octanol–water partition coefficient (Wildman–Crippen LogP) is 3.62. The monoisotopic (exact) mass is 475 g/mol. The number of benzene rings is 1. The molecule has 1 atom stereocenters. The lowest BCUT2D eigenvalue weighted by atomic mass is 10.0. The molecule has 1 saturated heterocycles. The number of hydrogen-bond acceptors (Lipinski definition) is 5. The zero-order valence-electron chi connectivity index (χ0n) is 17.9. The first-order chi connectivity index (χ1) is 15.3. The second-order valence-corrected chi connectivity index (χ2v) is 7.92. The van der Waals surface area contributed by atoms with Gasteiger partial charge in [-0.25, -0.2) is 10.9 Å². The number of rotatable bonds is 4. The molecular formula is C21H23F6N5O. The largest absolute Gasteiger partial charge is 0.416 e. The lowest BCUT2D eigenvalue weighted by Gasteiger charge is -2.38. The molecule has 1 fully saturated rings. The summed E-state index contributed by atoms with van der Waals surface area (Å²) in [5, 5.41) is 0.349. The van der Waals surface area contributed by atoms with E-state index in [4.69, 9.17) is 5.84 Å². The van der Waals surface area contributed by atoms with Crippen molar-refractivity contribution in [3.05, 3.63) is 58.9 Å². The number of anilines is 1. The number of piperazine rings is 1. The molecule has 6 nitrogen and oxygen atoms in total. The number of hydrazine groups is 1. The molecule has 2 N–H and O–H groups in total. The van der Waals surface area contributed by atoms with Crippen LogP contribution < -0.4 is 10.9 Å². The standard InChI is InChI=1S/C21H23F6N5O/c1-13-4-3-5-29-17(13)18(31-8-6-30(2)7-9-31)19(33)32(28)16-11-14(20(22,23)24)10-15(12-16)21(25,26)27/h3-5,10-12,18H,6-9,28H2,1-2H3. The van der Waals surface area contributed by atoms with Crippen molar-refractivity contribution in [2.24, 2.45) is 5.84 Å². The van der Waals surface area contributed by atoms with Crippen LogP contribution in [-0.4, -0.2) is 53.9 Å². The second-order valence-electron chi connectivity index (χ2n) is 7.92. The zero-order valence-corrected chi connectivity index (χ0v) is 17.9. The van der Waals surface area contributed by atoms with E-state index in [9.17, 15) is 31.1 Å². The molecule has 0 radical (unpaired) electrons. The van der Waals surface area contributed by atoms with Crippen LogP contribution in [0.15, 0.2) is 36.5 Å². The van der Waals surface area contributed by atoms with E-state index in [-0.39, 0.29) is 6.07 Å². The summed E-state index contributed by atoms with van der Waals surface area (Å²) in [6.45, 7) is 3.82. The van der Waals surface area contributed by atoms with E-state index in [1.807, 2.05) is 11.9 Å². The molecule has 1 amide bonds. The maximum atomic E-state index is 13.4. The fraction of sp³-hybridized carbons (Fsp3) is 0.429. The molecule has 2 aromatic rings. The van der Waals surface area contributed by atoms with Crippen LogP contribution in [0.1, 0.15) is 28.4 Å². The first kappa shape index (κ1) is 24.9. The number of carbonyl (C=O) groups excluding carboxylic acids is 1. The van der Waals surface area contributed by atoms with E-state index in [1.165, 1.54) is 6.20 Å². The van der Waals surface area contributed by atoms with Gasteiger partial charge in [-0.1, -0.05) is 6.07 Å². The van der Waals surface area contributed by atoms with Crippen molar-refractivity contribution in [1.82, 2.24) is 14.8 Å². The number of amides is 1. The van der Waals surface area contributed by atoms with Crippen LogP contribution in [0.4, 0.5) is 32.0 Å². The minimum Gasteiger partial charge on any atom is -0.304 e. The Bertz CT molecular complexity index is 969. The number of likely N-dealkylation sites (N-methyl/N-ethyl adjacent to an activating group) is 1. The fourth-order valence-corrected chi connectivity index (χ4v) is 3.65. The van der Waals surface area contributed by atoms with Crippen LogP contribution in [0.2, 0.25) is 0 Å². The summed E-state index contributed by atoms with van der Waals surface area (Å²) in [5.74, 6) is 4.99. The molecule has 1 aliphatic rings. The van der Waals surface area contributed by atoms with Gasteiger partial charge in [0.15, 0.2) is 0 Å². The number of nitrogens with zero attached hydrogens (tertiary/aromatic N) is 4. The number of alkyl halides is 6. The van der Waals surface area contributed by atoms with Crippen molar-refractivity contribution in [3.8, 4) is 0 Å². The van der Waals surface area contributed by atoms with Crippen LogP contribution in [0, 0.1) is 6.92 Å². The molecule has 180 valence electrons. The second kappa shape index (κ2) is 9.27. The molecular weight excluding hydrogens is 452 g/mol. The number of aromatic nitrogens is 1. The Balaban J connectivity index is 2.05. The Morgan fingerprint density at radius 2 is 1.58 bits per heavy atom. The van der Waals surface area contributed by atoms with E-state index in [1.54, 1.807) is 24.0 Å². The third-order valence-electron chi connectivity index (χ3n) is 5.53. The molecule has 0 saturated carbocycles. The fourth-order valence-electron chi connectivity index (χ4n) is 3.65. The van der Waals surface area contributed by atoms with Crippen molar-refractivity contribution < 1.29 is 31.1 Å². The van der Waals surface area contributed by atoms with Gasteiger partial charge in [-0.3, -0.25) is 14.7 Å². The van der Waals surface area contributed by atoms with Crippen LogP contribution in [0.25, 0.3) is 0 Å². The summed E-state index contributed by atoms with van der Waals surface area (Å²) in [7, 11) is 1.90. The molecule has 12 heteroatoms. The van der Waals surface area contributed by atoms with Crippen molar-refractivity contribution in [2.45, 2.75) is 25.3 Å². The van der Waals surface area contributed by atoms with Gasteiger partial charge in [0.2, 0.25) is 0 Å². The Kier molecular flexibility index (Phi) is 7.01. The quantitative estimate of drug-likeness (QED) is 0.317. The predicted molar refractivity (Wildman–Crippen MR) is 109 cm³/mol. The van der Waals surface area contributed by atoms with Gasteiger partial charge in [-0.2, -0.15) is 26.3 Å². The van der Waals surface area contributed by atoms with Crippen LogP contribution >= 0.6 is 0 Å². The van der Waals surface area contributed by atoms with Gasteiger partial charge in [0.05, 0.1) is 22.5 Å². The van der Waals surface area contributed by atoms with Gasteiger partial charge in [0.25, 0.3) is 5.91 Å². The maximum absolute atomic E-state index is 13.4. The Hall–Kier alpha value is -2.70. The molecule has 1 aromatic carbocycles. The molecule has 1 aromatic heterocycles. The average Bonchev–Trinajstić information content (AvgIpc) is 2.74. The summed E-state index contributed by atoms with van der Waals surface area (Å²) in [6.07, 6.45) is -8.66. The smallest absolute Gasteiger partial charge is 0.304 e. The molecule has 0 aliphatic carbocycles. The normalized spacial score (nSPS) is 17.1. The molecule has 3 rings (SSSR count). The number of aryl methyl sites for hydroxylation is 1. The highest BCUT2D eigenvalue weighted by atomic mass is 19.4. The first-order valence-electron chi connectivity index (χ1n) is 10.0. The van der Waals surface area contributed by atoms with Crippen LogP contribution in [0.5, 0.6) is 0 Å². The zero-order chi connectivity index (χ0) is 24.6. The van der Waals surface area contributed by atoms with Crippen molar-refractivity contribution in [3.63, 3.8) is 0 Å². The van der Waals surface area contributed by atoms with Gasteiger partial charge in [-0.05, 0) is 43.8 Å².